The van der Waals surface area contributed by atoms with Crippen molar-refractivity contribution in [3.05, 3.63) is 100 Å². The van der Waals surface area contributed by atoms with E-state index in [1.165, 1.54) is 12.1 Å². The Morgan fingerprint density at radius 3 is 2.56 bits per heavy atom. The minimum Gasteiger partial charge on any atom is -0.363 e. The van der Waals surface area contributed by atoms with Gasteiger partial charge in [-0.3, -0.25) is 14.7 Å². The first-order valence-corrected chi connectivity index (χ1v) is 11.9. The Kier molecular flexibility index (Phi) is 6.01. The van der Waals surface area contributed by atoms with Gasteiger partial charge in [0.15, 0.2) is 5.78 Å². The van der Waals surface area contributed by atoms with Crippen molar-refractivity contribution in [1.29, 1.82) is 0 Å². The Balaban J connectivity index is 1.68. The SMILES string of the molecule is O=C(c1cccs1)[C@@H]1[C@@H](c2ccc3ncccc3c2)NC(=O)N(Cc2ccccc2)[C@@]1(O)C(F)(F)F. The molecule has 1 aliphatic rings. The predicted octanol–water partition coefficient (Wildman–Crippen LogP) is 5.31. The van der Waals surface area contributed by atoms with Crippen LogP contribution in [-0.4, -0.2) is 38.7 Å². The topological polar surface area (TPSA) is 82.5 Å². The molecule has 1 aliphatic heterocycles. The minimum atomic E-state index is -5.34. The number of carbonyl (C=O) groups is 2. The Bertz CT molecular complexity index is 1410. The second kappa shape index (κ2) is 9.03. The number of urea groups is 1. The van der Waals surface area contributed by atoms with E-state index in [1.807, 2.05) is 0 Å². The van der Waals surface area contributed by atoms with E-state index in [0.29, 0.717) is 21.4 Å². The van der Waals surface area contributed by atoms with Crippen molar-refractivity contribution in [2.45, 2.75) is 24.5 Å². The molecule has 6 nitrogen and oxygen atoms in total. The largest absolute Gasteiger partial charge is 0.437 e. The Hall–Kier alpha value is -3.76. The van der Waals surface area contributed by atoms with E-state index in [1.54, 1.807) is 72.2 Å². The zero-order chi connectivity index (χ0) is 25.5. The van der Waals surface area contributed by atoms with Gasteiger partial charge in [0.05, 0.1) is 23.0 Å². The molecule has 2 aromatic carbocycles. The maximum Gasteiger partial charge on any atom is 0.437 e. The van der Waals surface area contributed by atoms with Gasteiger partial charge in [0, 0.05) is 11.6 Å². The van der Waals surface area contributed by atoms with Crippen molar-refractivity contribution in [2.24, 2.45) is 5.92 Å². The molecule has 10 heteroatoms. The first-order chi connectivity index (χ1) is 17.2. The zero-order valence-electron chi connectivity index (χ0n) is 18.6. The lowest BCUT2D eigenvalue weighted by molar-refractivity contribution is -0.328. The van der Waals surface area contributed by atoms with Crippen molar-refractivity contribution in [2.75, 3.05) is 0 Å². The van der Waals surface area contributed by atoms with Crippen LogP contribution in [0.2, 0.25) is 0 Å². The van der Waals surface area contributed by atoms with Gasteiger partial charge < -0.3 is 10.4 Å². The second-order valence-electron chi connectivity index (χ2n) is 8.50. The number of nitrogens with zero attached hydrogens (tertiary/aromatic N) is 2. The van der Waals surface area contributed by atoms with Gasteiger partial charge in [0.2, 0.25) is 0 Å². The molecule has 0 saturated carbocycles. The van der Waals surface area contributed by atoms with Gasteiger partial charge >= 0.3 is 12.2 Å². The highest BCUT2D eigenvalue weighted by molar-refractivity contribution is 7.12. The number of hydrogen-bond donors (Lipinski definition) is 2. The fourth-order valence-corrected chi connectivity index (χ4v) is 5.31. The summed E-state index contributed by atoms with van der Waals surface area (Å²) >= 11 is 0.973. The van der Waals surface area contributed by atoms with E-state index < -0.39 is 42.2 Å². The Morgan fingerprint density at radius 1 is 1.08 bits per heavy atom. The van der Waals surface area contributed by atoms with Crippen molar-refractivity contribution in [1.82, 2.24) is 15.2 Å². The maximum absolute atomic E-state index is 14.8. The zero-order valence-corrected chi connectivity index (χ0v) is 19.5. The summed E-state index contributed by atoms with van der Waals surface area (Å²) in [4.78, 5) is 31.4. The lowest BCUT2D eigenvalue weighted by atomic mass is 9.77. The van der Waals surface area contributed by atoms with Gasteiger partial charge in [-0.2, -0.15) is 13.2 Å². The summed E-state index contributed by atoms with van der Waals surface area (Å²) in [5.74, 6) is -2.99. The van der Waals surface area contributed by atoms with Crippen LogP contribution in [0.1, 0.15) is 26.8 Å². The number of amides is 2. The average molecular weight is 512 g/mol. The number of fused-ring (bicyclic) bond motifs is 1. The highest BCUT2D eigenvalue weighted by atomic mass is 32.1. The van der Waals surface area contributed by atoms with Crippen LogP contribution in [0.15, 0.2) is 84.4 Å². The molecule has 1 saturated heterocycles. The molecule has 0 unspecified atom stereocenters. The van der Waals surface area contributed by atoms with Crippen molar-refractivity contribution in [3.8, 4) is 0 Å². The highest BCUT2D eigenvalue weighted by Crippen LogP contribution is 2.49. The maximum atomic E-state index is 14.8. The molecule has 36 heavy (non-hydrogen) atoms. The third-order valence-electron chi connectivity index (χ3n) is 6.34. The fraction of sp³-hybridized carbons (Fsp3) is 0.192. The van der Waals surface area contributed by atoms with E-state index in [9.17, 15) is 27.9 Å². The molecule has 0 radical (unpaired) electrons. The number of aromatic nitrogens is 1. The van der Waals surface area contributed by atoms with Crippen LogP contribution in [0.25, 0.3) is 10.9 Å². The molecule has 0 spiro atoms. The number of thiophene rings is 1. The molecule has 3 atom stereocenters. The number of aliphatic hydroxyl groups is 1. The summed E-state index contributed by atoms with van der Waals surface area (Å²) < 4.78 is 44.4. The molecule has 5 rings (SSSR count). The molecule has 184 valence electrons. The smallest absolute Gasteiger partial charge is 0.363 e. The number of ketones is 1. The van der Waals surface area contributed by atoms with E-state index in [-0.39, 0.29) is 10.4 Å². The number of carbonyl (C=O) groups excluding carboxylic acids is 2. The monoisotopic (exact) mass is 511 g/mol. The van der Waals surface area contributed by atoms with Crippen LogP contribution in [0.3, 0.4) is 0 Å². The van der Waals surface area contributed by atoms with Gasteiger partial charge in [-0.05, 0) is 40.8 Å². The molecular weight excluding hydrogens is 491 g/mol. The quantitative estimate of drug-likeness (QED) is 0.356. The van der Waals surface area contributed by atoms with Crippen LogP contribution in [0.4, 0.5) is 18.0 Å². The van der Waals surface area contributed by atoms with E-state index >= 15 is 0 Å². The standard InChI is InChI=1S/C26H20F3N3O3S/c27-26(28,29)25(35)21(23(33)20-9-5-13-36-20)22(18-10-11-19-17(14-18)8-4-12-30-19)31-24(34)32(25)15-16-6-2-1-3-7-16/h1-14,21-22,35H,15H2,(H,31,34)/t21-,22+,25-/m0/s1. The van der Waals surface area contributed by atoms with E-state index in [2.05, 4.69) is 10.3 Å². The number of Topliss-reactive ketones (excluding diaryl/α,β-unsaturated/α-hetero) is 1. The number of pyridine rings is 1. The molecule has 3 heterocycles. The lowest BCUT2D eigenvalue weighted by Crippen LogP contribution is -2.73. The number of benzene rings is 2. The number of rotatable bonds is 5. The Morgan fingerprint density at radius 2 is 1.86 bits per heavy atom. The molecule has 0 aliphatic carbocycles. The number of hydrogen-bond acceptors (Lipinski definition) is 5. The predicted molar refractivity (Wildman–Crippen MR) is 128 cm³/mol. The van der Waals surface area contributed by atoms with Gasteiger partial charge in [-0.15, -0.1) is 11.3 Å². The lowest BCUT2D eigenvalue weighted by Gasteiger charge is -2.51. The summed E-state index contributed by atoms with van der Waals surface area (Å²) in [5, 5.41) is 16.3. The van der Waals surface area contributed by atoms with Crippen LogP contribution in [0, 0.1) is 5.92 Å². The number of halogens is 3. The first kappa shape index (κ1) is 24.0. The Labute approximate surface area is 208 Å². The highest BCUT2D eigenvalue weighted by Gasteiger charge is 2.70. The summed E-state index contributed by atoms with van der Waals surface area (Å²) in [6, 6.07) is 16.5. The van der Waals surface area contributed by atoms with Crippen LogP contribution in [0.5, 0.6) is 0 Å². The number of nitrogens with one attached hydrogen (secondary N) is 1. The molecule has 2 amide bonds. The third-order valence-corrected chi connectivity index (χ3v) is 7.22. The molecule has 1 fully saturated rings. The number of alkyl halides is 3. The van der Waals surface area contributed by atoms with Gasteiger partial charge in [0.1, 0.15) is 5.92 Å². The van der Waals surface area contributed by atoms with Gasteiger partial charge in [-0.1, -0.05) is 48.5 Å². The molecular formula is C26H20F3N3O3S. The second-order valence-corrected chi connectivity index (χ2v) is 9.45. The average Bonchev–Trinajstić information content (AvgIpc) is 3.41. The summed E-state index contributed by atoms with van der Waals surface area (Å²) in [6.45, 7) is -0.550. The van der Waals surface area contributed by atoms with Crippen molar-refractivity contribution < 1.29 is 27.9 Å². The minimum absolute atomic E-state index is 0.0472. The van der Waals surface area contributed by atoms with E-state index in [0.717, 1.165) is 11.3 Å². The fourth-order valence-electron chi connectivity index (χ4n) is 4.61. The van der Waals surface area contributed by atoms with Crippen LogP contribution < -0.4 is 5.32 Å². The first-order valence-electron chi connectivity index (χ1n) is 11.0. The molecule has 0 bridgehead atoms. The van der Waals surface area contributed by atoms with Gasteiger partial charge in [-0.25, -0.2) is 4.79 Å². The summed E-state index contributed by atoms with van der Waals surface area (Å²) in [6.07, 6.45) is -3.76. The van der Waals surface area contributed by atoms with Crippen molar-refractivity contribution in [3.63, 3.8) is 0 Å². The van der Waals surface area contributed by atoms with Crippen molar-refractivity contribution >= 4 is 34.1 Å². The van der Waals surface area contributed by atoms with Crippen LogP contribution >= 0.6 is 11.3 Å². The third kappa shape index (κ3) is 4.02. The molecule has 4 aromatic rings. The molecule has 2 aromatic heterocycles. The van der Waals surface area contributed by atoms with Gasteiger partial charge in [0.25, 0.3) is 5.72 Å². The summed E-state index contributed by atoms with van der Waals surface area (Å²) in [5.41, 5.74) is -2.56. The van der Waals surface area contributed by atoms with E-state index in [4.69, 9.17) is 0 Å². The molecule has 2 N–H and O–H groups in total. The normalized spacial score (nSPS) is 22.4. The van der Waals surface area contributed by atoms with Crippen LogP contribution in [-0.2, 0) is 6.54 Å². The summed E-state index contributed by atoms with van der Waals surface area (Å²) in [7, 11) is 0.